The number of Topliss-reactive ketones (excluding diaryl/α,β-unsaturated/α-hetero) is 2. The molecule has 0 aliphatic heterocycles. The number of unbranched alkanes of at least 4 members (excludes halogenated alkanes) is 3. The SMILES string of the molecule is C=CCC(CC(=O)C(C)(C)OCCCCCC(=O)C(C)(C)OCC(CC)CCCC)C(=O)O. The van der Waals surface area contributed by atoms with Crippen LogP contribution in [0.5, 0.6) is 0 Å². The fourth-order valence-corrected chi connectivity index (χ4v) is 3.52. The van der Waals surface area contributed by atoms with Crippen LogP contribution in [-0.2, 0) is 23.9 Å². The summed E-state index contributed by atoms with van der Waals surface area (Å²) in [4.78, 5) is 36.4. The lowest BCUT2D eigenvalue weighted by molar-refractivity contribution is -0.149. The summed E-state index contributed by atoms with van der Waals surface area (Å²) in [5, 5.41) is 9.22. The number of carbonyl (C=O) groups excluding carboxylic acids is 2. The molecule has 1 N–H and O–H groups in total. The van der Waals surface area contributed by atoms with Crippen molar-refractivity contribution in [1.29, 1.82) is 0 Å². The lowest BCUT2D eigenvalue weighted by Gasteiger charge is -2.27. The molecule has 0 aromatic carbocycles. The highest BCUT2D eigenvalue weighted by molar-refractivity contribution is 5.89. The van der Waals surface area contributed by atoms with Gasteiger partial charge in [-0.15, -0.1) is 6.58 Å². The summed E-state index contributed by atoms with van der Waals surface area (Å²) >= 11 is 0. The van der Waals surface area contributed by atoms with E-state index < -0.39 is 23.1 Å². The lowest BCUT2D eigenvalue weighted by atomic mass is 9.91. The van der Waals surface area contributed by atoms with E-state index in [1.165, 1.54) is 18.9 Å². The Morgan fingerprint density at radius 2 is 1.58 bits per heavy atom. The highest BCUT2D eigenvalue weighted by Gasteiger charge is 2.32. The summed E-state index contributed by atoms with van der Waals surface area (Å²) in [6, 6.07) is 0. The van der Waals surface area contributed by atoms with Crippen molar-refractivity contribution in [2.24, 2.45) is 11.8 Å². The topological polar surface area (TPSA) is 89.9 Å². The highest BCUT2D eigenvalue weighted by atomic mass is 16.5. The lowest BCUT2D eigenvalue weighted by Crippen LogP contribution is -2.37. The summed E-state index contributed by atoms with van der Waals surface area (Å²) in [5.41, 5.74) is -1.80. The smallest absolute Gasteiger partial charge is 0.307 e. The number of hydrogen-bond acceptors (Lipinski definition) is 5. The summed E-state index contributed by atoms with van der Waals surface area (Å²) in [6.07, 6.45) is 9.02. The zero-order valence-corrected chi connectivity index (χ0v) is 21.9. The molecule has 2 unspecified atom stereocenters. The maximum Gasteiger partial charge on any atom is 0.307 e. The minimum atomic E-state index is -1.03. The molecule has 0 aromatic heterocycles. The zero-order valence-electron chi connectivity index (χ0n) is 21.9. The van der Waals surface area contributed by atoms with Gasteiger partial charge in [-0.05, 0) is 59.3 Å². The molecule has 192 valence electrons. The van der Waals surface area contributed by atoms with E-state index in [9.17, 15) is 19.5 Å². The van der Waals surface area contributed by atoms with Crippen molar-refractivity contribution >= 4 is 17.5 Å². The largest absolute Gasteiger partial charge is 0.481 e. The van der Waals surface area contributed by atoms with Crippen LogP contribution in [0.3, 0.4) is 0 Å². The van der Waals surface area contributed by atoms with E-state index in [4.69, 9.17) is 9.47 Å². The monoisotopic (exact) mass is 468 g/mol. The van der Waals surface area contributed by atoms with Crippen LogP contribution in [0.1, 0.15) is 106 Å². The normalized spacial score (nSPS) is 14.0. The number of ether oxygens (including phenoxy) is 2. The molecule has 0 spiro atoms. The van der Waals surface area contributed by atoms with E-state index in [1.807, 2.05) is 13.8 Å². The van der Waals surface area contributed by atoms with Crippen molar-refractivity contribution in [2.75, 3.05) is 13.2 Å². The van der Waals surface area contributed by atoms with Crippen LogP contribution in [0.2, 0.25) is 0 Å². The maximum atomic E-state index is 12.6. The van der Waals surface area contributed by atoms with E-state index in [-0.39, 0.29) is 24.4 Å². The number of carboxylic acid groups (broad SMARTS) is 1. The Labute approximate surface area is 201 Å². The third-order valence-electron chi connectivity index (χ3n) is 6.31. The van der Waals surface area contributed by atoms with Gasteiger partial charge in [0.05, 0.1) is 12.5 Å². The molecule has 33 heavy (non-hydrogen) atoms. The van der Waals surface area contributed by atoms with Crippen LogP contribution in [0.15, 0.2) is 12.7 Å². The quantitative estimate of drug-likeness (QED) is 0.160. The van der Waals surface area contributed by atoms with Gasteiger partial charge in [0.15, 0.2) is 11.6 Å². The molecule has 0 saturated carbocycles. The van der Waals surface area contributed by atoms with Gasteiger partial charge in [-0.1, -0.05) is 45.6 Å². The van der Waals surface area contributed by atoms with E-state index >= 15 is 0 Å². The second kappa shape index (κ2) is 16.2. The van der Waals surface area contributed by atoms with Crippen molar-refractivity contribution in [3.8, 4) is 0 Å². The van der Waals surface area contributed by atoms with E-state index in [2.05, 4.69) is 20.4 Å². The molecule has 6 heteroatoms. The molecule has 0 radical (unpaired) electrons. The molecule has 0 aliphatic rings. The number of allylic oxidation sites excluding steroid dienone is 1. The third kappa shape index (κ3) is 13.1. The molecule has 2 atom stereocenters. The van der Waals surface area contributed by atoms with Crippen molar-refractivity contribution in [2.45, 2.75) is 117 Å². The van der Waals surface area contributed by atoms with E-state index in [0.29, 0.717) is 25.6 Å². The predicted molar refractivity (Wildman–Crippen MR) is 132 cm³/mol. The summed E-state index contributed by atoms with van der Waals surface area (Å²) < 4.78 is 11.8. The summed E-state index contributed by atoms with van der Waals surface area (Å²) in [7, 11) is 0. The minimum absolute atomic E-state index is 0.0741. The first-order valence-electron chi connectivity index (χ1n) is 12.6. The molecule has 0 bridgehead atoms. The van der Waals surface area contributed by atoms with Gasteiger partial charge >= 0.3 is 5.97 Å². The van der Waals surface area contributed by atoms with Crippen LogP contribution in [0, 0.1) is 11.8 Å². The first-order chi connectivity index (χ1) is 15.4. The highest BCUT2D eigenvalue weighted by Crippen LogP contribution is 2.22. The first-order valence-corrected chi connectivity index (χ1v) is 12.6. The number of carboxylic acids is 1. The number of rotatable bonds is 21. The van der Waals surface area contributed by atoms with Gasteiger partial charge in [0.2, 0.25) is 0 Å². The fraction of sp³-hybridized carbons (Fsp3) is 0.815. The molecule has 0 aliphatic carbocycles. The Morgan fingerprint density at radius 1 is 0.939 bits per heavy atom. The number of hydrogen-bond donors (Lipinski definition) is 1. The van der Waals surface area contributed by atoms with Gasteiger partial charge in [-0.2, -0.15) is 0 Å². The van der Waals surface area contributed by atoms with Gasteiger partial charge in [-0.3, -0.25) is 14.4 Å². The van der Waals surface area contributed by atoms with Crippen LogP contribution < -0.4 is 0 Å². The van der Waals surface area contributed by atoms with Crippen LogP contribution in [0.4, 0.5) is 0 Å². The second-order valence-electron chi connectivity index (χ2n) is 10.0. The first kappa shape index (κ1) is 31.5. The molecule has 0 saturated heterocycles. The van der Waals surface area contributed by atoms with Gasteiger partial charge in [0.25, 0.3) is 0 Å². The predicted octanol–water partition coefficient (Wildman–Crippen LogP) is 6.16. The standard InChI is InChI=1S/C27H48O6/c1-8-11-16-21(10-3)20-33-26(4,5)23(28)17-13-12-14-18-32-27(6,7)24(29)19-22(15-9-2)25(30)31/h9,21-22H,2,8,10-20H2,1,3-7H3,(H,30,31). The molecule has 0 heterocycles. The average molecular weight is 469 g/mol. The average Bonchev–Trinajstić information content (AvgIpc) is 2.75. The van der Waals surface area contributed by atoms with E-state index in [0.717, 1.165) is 32.1 Å². The molecule has 6 nitrogen and oxygen atoms in total. The Balaban J connectivity index is 4.28. The number of aliphatic carboxylic acids is 1. The Kier molecular flexibility index (Phi) is 15.4. The minimum Gasteiger partial charge on any atom is -0.481 e. The van der Waals surface area contributed by atoms with Crippen LogP contribution >= 0.6 is 0 Å². The van der Waals surface area contributed by atoms with Crippen LogP contribution in [0.25, 0.3) is 0 Å². The molecular formula is C27H48O6. The second-order valence-corrected chi connectivity index (χ2v) is 10.0. The van der Waals surface area contributed by atoms with Gasteiger partial charge in [-0.25, -0.2) is 0 Å². The van der Waals surface area contributed by atoms with Crippen molar-refractivity contribution in [1.82, 2.24) is 0 Å². The molecular weight excluding hydrogens is 420 g/mol. The summed E-state index contributed by atoms with van der Waals surface area (Å²) in [5.74, 6) is -1.38. The van der Waals surface area contributed by atoms with Gasteiger partial charge < -0.3 is 14.6 Å². The van der Waals surface area contributed by atoms with Gasteiger partial charge in [0.1, 0.15) is 11.2 Å². The van der Waals surface area contributed by atoms with Crippen molar-refractivity contribution in [3.63, 3.8) is 0 Å². The zero-order chi connectivity index (χ0) is 25.5. The number of ketones is 2. The molecule has 0 amide bonds. The summed E-state index contributed by atoms with van der Waals surface area (Å²) in [6.45, 7) is 16.0. The Hall–Kier alpha value is -1.53. The Bertz CT molecular complexity index is 608. The molecule has 0 rings (SSSR count). The molecule has 0 fully saturated rings. The van der Waals surface area contributed by atoms with Crippen molar-refractivity contribution in [3.05, 3.63) is 12.7 Å². The number of carbonyl (C=O) groups is 3. The molecule has 0 aromatic rings. The fourth-order valence-electron chi connectivity index (χ4n) is 3.52. The maximum absolute atomic E-state index is 12.6. The Morgan fingerprint density at radius 3 is 2.12 bits per heavy atom. The van der Waals surface area contributed by atoms with Crippen molar-refractivity contribution < 1.29 is 29.0 Å². The van der Waals surface area contributed by atoms with Gasteiger partial charge in [0, 0.05) is 19.4 Å². The van der Waals surface area contributed by atoms with E-state index in [1.54, 1.807) is 13.8 Å². The third-order valence-corrected chi connectivity index (χ3v) is 6.31. The van der Waals surface area contributed by atoms with Crippen LogP contribution in [-0.4, -0.2) is 47.1 Å².